The van der Waals surface area contributed by atoms with Crippen molar-refractivity contribution >= 4 is 16.9 Å². The third kappa shape index (κ3) is 2.06. The van der Waals surface area contributed by atoms with Crippen molar-refractivity contribution in [2.75, 3.05) is 13.2 Å². The van der Waals surface area contributed by atoms with Crippen LogP contribution in [0.4, 0.5) is 0 Å². The molecular weight excluding hydrogens is 232 g/mol. The van der Waals surface area contributed by atoms with Crippen LogP contribution in [0.3, 0.4) is 0 Å². The summed E-state index contributed by atoms with van der Waals surface area (Å²) in [5.74, 6) is 0. The van der Waals surface area contributed by atoms with Gasteiger partial charge in [-0.15, -0.1) is 11.3 Å². The topological polar surface area (TPSA) is 27.1 Å². The minimum Gasteiger partial charge on any atom is -0.377 e. The van der Waals surface area contributed by atoms with Gasteiger partial charge in [0.2, 0.25) is 0 Å². The molecule has 4 heteroatoms. The van der Waals surface area contributed by atoms with Gasteiger partial charge >= 0.3 is 0 Å². The lowest BCUT2D eigenvalue weighted by Gasteiger charge is -2.17. The zero-order chi connectivity index (χ0) is 11.7. The van der Waals surface area contributed by atoms with E-state index in [1.807, 2.05) is 17.1 Å². The fourth-order valence-electron chi connectivity index (χ4n) is 2.07. The van der Waals surface area contributed by atoms with E-state index >= 15 is 0 Å². The fourth-order valence-corrected chi connectivity index (χ4v) is 3.11. The number of ether oxygens (including phenoxy) is 1. The molecule has 0 radical (unpaired) electrons. The molecule has 0 N–H and O–H groups in total. The van der Waals surface area contributed by atoms with E-state index in [1.54, 1.807) is 17.5 Å². The van der Waals surface area contributed by atoms with Gasteiger partial charge in [0.25, 0.3) is 0 Å². The molecule has 2 aromatic heterocycles. The fraction of sp³-hybridized carbons (Fsp3) is 0.308. The average molecular weight is 246 g/mol. The maximum absolute atomic E-state index is 5.44. The first kappa shape index (κ1) is 10.7. The minimum atomic E-state index is 0.771. The van der Waals surface area contributed by atoms with E-state index in [0.717, 1.165) is 19.6 Å². The molecule has 3 rings (SSSR count). The van der Waals surface area contributed by atoms with Crippen LogP contribution in [0.1, 0.15) is 18.2 Å². The smallest absolute Gasteiger partial charge is 0.0991 e. The van der Waals surface area contributed by atoms with E-state index in [-0.39, 0.29) is 0 Å². The Kier molecular flexibility index (Phi) is 2.82. The molecule has 0 atom stereocenters. The van der Waals surface area contributed by atoms with Crippen LogP contribution in [0, 0.1) is 0 Å². The average Bonchev–Trinajstić information content (AvgIpc) is 3.00. The summed E-state index contributed by atoms with van der Waals surface area (Å²) in [4.78, 5) is 5.43. The zero-order valence-electron chi connectivity index (χ0n) is 9.72. The molecule has 17 heavy (non-hydrogen) atoms. The van der Waals surface area contributed by atoms with Crippen molar-refractivity contribution in [3.05, 3.63) is 40.6 Å². The van der Waals surface area contributed by atoms with E-state index < -0.39 is 0 Å². The Hall–Kier alpha value is -1.39. The first-order valence-electron chi connectivity index (χ1n) is 5.68. The van der Waals surface area contributed by atoms with Crippen LogP contribution >= 0.6 is 11.3 Å². The van der Waals surface area contributed by atoms with Crippen LogP contribution in [0.15, 0.2) is 35.7 Å². The molecule has 2 aromatic rings. The van der Waals surface area contributed by atoms with E-state index in [0.29, 0.717) is 0 Å². The highest BCUT2D eigenvalue weighted by Crippen LogP contribution is 2.31. The Morgan fingerprint density at radius 1 is 1.47 bits per heavy atom. The van der Waals surface area contributed by atoms with Crippen molar-refractivity contribution in [2.45, 2.75) is 13.3 Å². The van der Waals surface area contributed by atoms with Gasteiger partial charge in [-0.1, -0.05) is 0 Å². The molecule has 3 nitrogen and oxygen atoms in total. The summed E-state index contributed by atoms with van der Waals surface area (Å²) >= 11 is 1.80. The summed E-state index contributed by atoms with van der Waals surface area (Å²) < 4.78 is 7.48. The zero-order valence-corrected chi connectivity index (χ0v) is 10.5. The number of nitrogens with zero attached hydrogens (tertiary/aromatic N) is 2. The lowest BCUT2D eigenvalue weighted by molar-refractivity contribution is 0.154. The molecule has 1 aliphatic rings. The van der Waals surface area contributed by atoms with Crippen LogP contribution in [0.5, 0.6) is 0 Å². The predicted octanol–water partition coefficient (Wildman–Crippen LogP) is 3.13. The largest absolute Gasteiger partial charge is 0.377 e. The molecule has 0 aromatic carbocycles. The van der Waals surface area contributed by atoms with Crippen LogP contribution < -0.4 is 0 Å². The van der Waals surface area contributed by atoms with E-state index in [1.165, 1.54) is 21.7 Å². The number of hydrogen-bond acceptors (Lipinski definition) is 3. The number of hydrogen-bond donors (Lipinski definition) is 0. The molecule has 0 saturated heterocycles. The van der Waals surface area contributed by atoms with Crippen molar-refractivity contribution < 1.29 is 4.74 Å². The molecule has 0 aliphatic carbocycles. The summed E-state index contributed by atoms with van der Waals surface area (Å²) in [6, 6.07) is 2.23. The standard InChI is InChI=1S/C13H14N2OS/c1-10-7-16-5-2-12(10)13-6-11(8-17-13)15-4-3-14-9-15/h3-4,6,8-9H,2,5,7H2,1H3. The van der Waals surface area contributed by atoms with Crippen molar-refractivity contribution in [1.29, 1.82) is 0 Å². The highest BCUT2D eigenvalue weighted by Gasteiger charge is 2.13. The van der Waals surface area contributed by atoms with Gasteiger partial charge in [0, 0.05) is 22.7 Å². The van der Waals surface area contributed by atoms with Crippen LogP contribution in [-0.4, -0.2) is 22.8 Å². The molecule has 0 fully saturated rings. The molecule has 0 bridgehead atoms. The maximum Gasteiger partial charge on any atom is 0.0991 e. The van der Waals surface area contributed by atoms with Gasteiger partial charge in [-0.25, -0.2) is 4.98 Å². The van der Waals surface area contributed by atoms with Crippen LogP contribution in [-0.2, 0) is 4.74 Å². The lowest BCUT2D eigenvalue weighted by Crippen LogP contribution is -2.07. The third-order valence-electron chi connectivity index (χ3n) is 3.02. The first-order chi connectivity index (χ1) is 8.34. The summed E-state index contributed by atoms with van der Waals surface area (Å²) in [6.45, 7) is 3.77. The summed E-state index contributed by atoms with van der Waals surface area (Å²) in [6.07, 6.45) is 6.63. The Balaban J connectivity index is 1.95. The molecule has 0 saturated carbocycles. The molecular formula is C13H14N2OS. The van der Waals surface area contributed by atoms with Gasteiger partial charge in [-0.05, 0) is 30.6 Å². The molecule has 0 spiro atoms. The summed E-state index contributed by atoms with van der Waals surface area (Å²) in [5.41, 5.74) is 4.00. The van der Waals surface area contributed by atoms with E-state index in [9.17, 15) is 0 Å². The number of rotatable bonds is 2. The second kappa shape index (κ2) is 4.47. The number of imidazole rings is 1. The Bertz CT molecular complexity index is 540. The van der Waals surface area contributed by atoms with Crippen molar-refractivity contribution in [2.24, 2.45) is 0 Å². The second-order valence-electron chi connectivity index (χ2n) is 4.20. The number of thiophene rings is 1. The molecule has 0 amide bonds. The quantitative estimate of drug-likeness (QED) is 0.814. The van der Waals surface area contributed by atoms with E-state index in [4.69, 9.17) is 4.74 Å². The third-order valence-corrected chi connectivity index (χ3v) is 3.99. The maximum atomic E-state index is 5.44. The molecule has 3 heterocycles. The minimum absolute atomic E-state index is 0.771. The second-order valence-corrected chi connectivity index (χ2v) is 5.11. The van der Waals surface area contributed by atoms with Gasteiger partial charge in [0.15, 0.2) is 0 Å². The monoisotopic (exact) mass is 246 g/mol. The van der Waals surface area contributed by atoms with Crippen molar-refractivity contribution in [3.63, 3.8) is 0 Å². The van der Waals surface area contributed by atoms with Gasteiger partial charge in [-0.2, -0.15) is 0 Å². The lowest BCUT2D eigenvalue weighted by atomic mass is 10.0. The normalized spacial score (nSPS) is 16.5. The highest BCUT2D eigenvalue weighted by atomic mass is 32.1. The predicted molar refractivity (Wildman–Crippen MR) is 69.5 cm³/mol. The Labute approximate surface area is 104 Å². The van der Waals surface area contributed by atoms with Crippen LogP contribution in [0.25, 0.3) is 11.3 Å². The van der Waals surface area contributed by atoms with Crippen LogP contribution in [0.2, 0.25) is 0 Å². The Morgan fingerprint density at radius 2 is 2.41 bits per heavy atom. The van der Waals surface area contributed by atoms with E-state index in [2.05, 4.69) is 23.4 Å². The number of aromatic nitrogens is 2. The van der Waals surface area contributed by atoms with Gasteiger partial charge in [0.1, 0.15) is 0 Å². The van der Waals surface area contributed by atoms with Crippen molar-refractivity contribution in [3.8, 4) is 5.69 Å². The van der Waals surface area contributed by atoms with Crippen molar-refractivity contribution in [1.82, 2.24) is 9.55 Å². The SMILES string of the molecule is CC1=C(c2cc(-n3ccnc3)cs2)CCOC1. The molecule has 88 valence electrons. The summed E-state index contributed by atoms with van der Waals surface area (Å²) in [7, 11) is 0. The highest BCUT2D eigenvalue weighted by molar-refractivity contribution is 7.11. The molecule has 0 unspecified atom stereocenters. The van der Waals surface area contributed by atoms with Gasteiger partial charge < -0.3 is 9.30 Å². The molecule has 1 aliphatic heterocycles. The summed E-state index contributed by atoms with van der Waals surface area (Å²) in [5, 5.41) is 2.17. The van der Waals surface area contributed by atoms with Gasteiger partial charge in [-0.3, -0.25) is 0 Å². The van der Waals surface area contributed by atoms with Gasteiger partial charge in [0.05, 0.1) is 25.2 Å². The Morgan fingerprint density at radius 3 is 3.18 bits per heavy atom. The first-order valence-corrected chi connectivity index (χ1v) is 6.56.